The highest BCUT2D eigenvalue weighted by atomic mass is 19.1. The predicted molar refractivity (Wildman–Crippen MR) is 117 cm³/mol. The summed E-state index contributed by atoms with van der Waals surface area (Å²) in [6.45, 7) is 1.84. The Hall–Kier alpha value is -3.52. The molecule has 1 fully saturated rings. The number of ether oxygens (including phenoxy) is 1. The highest BCUT2D eigenvalue weighted by Crippen LogP contribution is 2.19. The van der Waals surface area contributed by atoms with E-state index >= 15 is 0 Å². The number of aromatic nitrogens is 4. The number of benzene rings is 1. The molecule has 0 spiro atoms. The number of nitrogens with one attached hydrogen (secondary N) is 2. The molecule has 5 rings (SSSR count). The number of pyridine rings is 1. The number of fused-ring (bicyclic) bond motifs is 1. The van der Waals surface area contributed by atoms with Crippen molar-refractivity contribution in [1.82, 2.24) is 19.5 Å². The molecule has 1 saturated heterocycles. The second-order valence-electron chi connectivity index (χ2n) is 7.70. The summed E-state index contributed by atoms with van der Waals surface area (Å²) in [6.07, 6.45) is 5.28. The van der Waals surface area contributed by atoms with E-state index in [2.05, 4.69) is 20.3 Å². The van der Waals surface area contributed by atoms with Gasteiger partial charge in [0.05, 0.1) is 12.2 Å². The number of nitrogens with zero attached hydrogens (tertiary/aromatic N) is 3. The lowest BCUT2D eigenvalue weighted by Gasteiger charge is -2.23. The maximum atomic E-state index is 13.4. The van der Waals surface area contributed by atoms with E-state index < -0.39 is 0 Å². The largest absolute Gasteiger partial charge is 0.381 e. The van der Waals surface area contributed by atoms with Crippen LogP contribution in [0.2, 0.25) is 0 Å². The molecule has 0 amide bonds. The van der Waals surface area contributed by atoms with Crippen LogP contribution in [-0.4, -0.2) is 38.8 Å². The Morgan fingerprint density at radius 2 is 2.03 bits per heavy atom. The number of rotatable bonds is 5. The molecule has 4 heterocycles. The zero-order valence-corrected chi connectivity index (χ0v) is 16.8. The predicted octanol–water partition coefficient (Wildman–Crippen LogP) is 3.56. The summed E-state index contributed by atoms with van der Waals surface area (Å²) >= 11 is 0. The van der Waals surface area contributed by atoms with Crippen molar-refractivity contribution < 1.29 is 9.13 Å². The van der Waals surface area contributed by atoms with E-state index in [4.69, 9.17) is 4.74 Å². The number of anilines is 1. The third kappa shape index (κ3) is 4.34. The molecule has 31 heavy (non-hydrogen) atoms. The summed E-state index contributed by atoms with van der Waals surface area (Å²) in [4.78, 5) is 24.8. The molecule has 0 aliphatic carbocycles. The van der Waals surface area contributed by atoms with E-state index in [1.54, 1.807) is 35.2 Å². The average Bonchev–Trinajstić information content (AvgIpc) is 3.17. The second kappa shape index (κ2) is 8.31. The van der Waals surface area contributed by atoms with Crippen LogP contribution in [0.15, 0.2) is 59.7 Å². The number of hydrogen-bond donors (Lipinski definition) is 2. The molecule has 0 atom stereocenters. The quantitative estimate of drug-likeness (QED) is 0.517. The van der Waals surface area contributed by atoms with Gasteiger partial charge in [-0.3, -0.25) is 4.79 Å². The van der Waals surface area contributed by atoms with E-state index in [0.29, 0.717) is 24.2 Å². The molecule has 1 aromatic carbocycles. The van der Waals surface area contributed by atoms with Gasteiger partial charge in [0.1, 0.15) is 5.82 Å². The van der Waals surface area contributed by atoms with Crippen molar-refractivity contribution in [2.75, 3.05) is 18.5 Å². The number of H-pyrrole nitrogens is 1. The third-order valence-corrected chi connectivity index (χ3v) is 5.48. The van der Waals surface area contributed by atoms with Crippen LogP contribution < -0.4 is 10.9 Å². The Kier molecular flexibility index (Phi) is 5.21. The molecule has 8 heteroatoms. The summed E-state index contributed by atoms with van der Waals surface area (Å²) in [5, 5.41) is 4.13. The SMILES string of the molecule is O=c1cc(-c2ccnc(NC3CCOCC3)n2)ccn1Cc1cc2cc(F)ccc2[nH]1. The monoisotopic (exact) mass is 419 g/mol. The van der Waals surface area contributed by atoms with Crippen LogP contribution in [-0.2, 0) is 11.3 Å². The zero-order chi connectivity index (χ0) is 21.2. The minimum Gasteiger partial charge on any atom is -0.381 e. The number of halogens is 1. The van der Waals surface area contributed by atoms with Gasteiger partial charge in [-0.05, 0) is 49.2 Å². The Bertz CT molecular complexity index is 1280. The Morgan fingerprint density at radius 1 is 1.16 bits per heavy atom. The van der Waals surface area contributed by atoms with Crippen LogP contribution >= 0.6 is 0 Å². The van der Waals surface area contributed by atoms with Gasteiger partial charge >= 0.3 is 0 Å². The first-order chi connectivity index (χ1) is 15.1. The van der Waals surface area contributed by atoms with Crippen LogP contribution in [0, 0.1) is 5.82 Å². The molecule has 2 N–H and O–H groups in total. The minimum atomic E-state index is -0.282. The van der Waals surface area contributed by atoms with Gasteiger partial charge in [0.15, 0.2) is 0 Å². The summed E-state index contributed by atoms with van der Waals surface area (Å²) < 4.78 is 20.4. The third-order valence-electron chi connectivity index (χ3n) is 5.48. The van der Waals surface area contributed by atoms with Crippen LogP contribution in [0.4, 0.5) is 10.3 Å². The Balaban J connectivity index is 1.35. The van der Waals surface area contributed by atoms with E-state index in [0.717, 1.165) is 48.2 Å². The van der Waals surface area contributed by atoms with E-state index in [9.17, 15) is 9.18 Å². The number of aromatic amines is 1. The van der Waals surface area contributed by atoms with Gasteiger partial charge in [-0.25, -0.2) is 14.4 Å². The van der Waals surface area contributed by atoms with Gasteiger partial charge in [-0.15, -0.1) is 0 Å². The fourth-order valence-electron chi connectivity index (χ4n) is 3.84. The summed E-state index contributed by atoms with van der Waals surface area (Å²) in [5.41, 5.74) is 2.96. The molecular weight excluding hydrogens is 397 g/mol. The van der Waals surface area contributed by atoms with Crippen LogP contribution in [0.1, 0.15) is 18.5 Å². The molecule has 4 aromatic rings. The van der Waals surface area contributed by atoms with E-state index in [-0.39, 0.29) is 11.4 Å². The molecule has 1 aliphatic heterocycles. The smallest absolute Gasteiger partial charge is 0.251 e. The van der Waals surface area contributed by atoms with Crippen molar-refractivity contribution >= 4 is 16.9 Å². The fourth-order valence-corrected chi connectivity index (χ4v) is 3.84. The van der Waals surface area contributed by atoms with Gasteiger partial charge in [0.25, 0.3) is 5.56 Å². The van der Waals surface area contributed by atoms with Gasteiger partial charge in [0.2, 0.25) is 5.95 Å². The lowest BCUT2D eigenvalue weighted by molar-refractivity contribution is 0.0903. The number of hydrogen-bond acceptors (Lipinski definition) is 5. The van der Waals surface area contributed by atoms with E-state index in [1.165, 1.54) is 12.1 Å². The zero-order valence-electron chi connectivity index (χ0n) is 16.8. The van der Waals surface area contributed by atoms with Crippen LogP contribution in [0.5, 0.6) is 0 Å². The van der Waals surface area contributed by atoms with Crippen molar-refractivity contribution in [2.45, 2.75) is 25.4 Å². The van der Waals surface area contributed by atoms with Crippen molar-refractivity contribution in [3.63, 3.8) is 0 Å². The van der Waals surface area contributed by atoms with Gasteiger partial charge in [-0.2, -0.15) is 0 Å². The molecule has 7 nitrogen and oxygen atoms in total. The molecule has 0 radical (unpaired) electrons. The Labute approximate surface area is 177 Å². The van der Waals surface area contributed by atoms with Gasteiger partial charge in [0, 0.05) is 59.9 Å². The lowest BCUT2D eigenvalue weighted by Crippen LogP contribution is -2.28. The van der Waals surface area contributed by atoms with Crippen molar-refractivity contribution in [1.29, 1.82) is 0 Å². The highest BCUT2D eigenvalue weighted by Gasteiger charge is 2.15. The fraction of sp³-hybridized carbons (Fsp3) is 0.261. The summed E-state index contributed by atoms with van der Waals surface area (Å²) in [7, 11) is 0. The van der Waals surface area contributed by atoms with Crippen molar-refractivity contribution in [3.05, 3.63) is 76.7 Å². The van der Waals surface area contributed by atoms with Crippen LogP contribution in [0.25, 0.3) is 22.2 Å². The van der Waals surface area contributed by atoms with Crippen molar-refractivity contribution in [3.8, 4) is 11.3 Å². The second-order valence-corrected chi connectivity index (χ2v) is 7.70. The van der Waals surface area contributed by atoms with E-state index in [1.807, 2.05) is 12.1 Å². The highest BCUT2D eigenvalue weighted by molar-refractivity contribution is 5.80. The first kappa shape index (κ1) is 19.4. The Morgan fingerprint density at radius 3 is 2.87 bits per heavy atom. The maximum Gasteiger partial charge on any atom is 0.251 e. The molecular formula is C23H22FN5O2. The summed E-state index contributed by atoms with van der Waals surface area (Å²) in [6, 6.07) is 12.0. The first-order valence-corrected chi connectivity index (χ1v) is 10.3. The standard InChI is InChI=1S/C23H22FN5O2/c24-17-1-2-20-16(11-17)12-19(26-20)14-29-8-4-15(13-22(29)30)21-3-7-25-23(28-21)27-18-5-9-31-10-6-18/h1-4,7-8,11-13,18,26H,5-6,9-10,14H2,(H,25,27,28). The summed E-state index contributed by atoms with van der Waals surface area (Å²) in [5.74, 6) is 0.272. The molecule has 0 saturated carbocycles. The van der Waals surface area contributed by atoms with Gasteiger partial charge in [-0.1, -0.05) is 0 Å². The molecule has 0 unspecified atom stereocenters. The molecule has 3 aromatic heterocycles. The van der Waals surface area contributed by atoms with Crippen LogP contribution in [0.3, 0.4) is 0 Å². The molecule has 1 aliphatic rings. The minimum absolute atomic E-state index is 0.139. The first-order valence-electron chi connectivity index (χ1n) is 10.3. The topological polar surface area (TPSA) is 84.8 Å². The molecule has 0 bridgehead atoms. The lowest BCUT2D eigenvalue weighted by atomic mass is 10.1. The normalized spacial score (nSPS) is 14.7. The maximum absolute atomic E-state index is 13.4. The van der Waals surface area contributed by atoms with Gasteiger partial charge < -0.3 is 19.6 Å². The average molecular weight is 419 g/mol. The molecule has 158 valence electrons. The van der Waals surface area contributed by atoms with Crippen molar-refractivity contribution in [2.24, 2.45) is 0 Å².